The van der Waals surface area contributed by atoms with E-state index in [2.05, 4.69) is 0 Å². The number of carboxylic acids is 2. The molecule has 1 aromatic carbocycles. The number of benzene rings is 1. The molecule has 21 heavy (non-hydrogen) atoms. The van der Waals surface area contributed by atoms with Gasteiger partial charge in [0.2, 0.25) is 0 Å². The number of hydrogen-bond acceptors (Lipinski definition) is 3. The zero-order valence-electron chi connectivity index (χ0n) is 11.6. The lowest BCUT2D eigenvalue weighted by Gasteiger charge is -2.33. The third-order valence-corrected chi connectivity index (χ3v) is 3.72. The molecule has 0 atom stereocenters. The van der Waals surface area contributed by atoms with Crippen LogP contribution < -0.4 is 4.90 Å². The molecular weight excluding hydrogens is 294 g/mol. The zero-order chi connectivity index (χ0) is 15.7. The number of halogens is 1. The maximum atomic E-state index is 11.4. The van der Waals surface area contributed by atoms with Gasteiger partial charge in [0.1, 0.15) is 0 Å². The van der Waals surface area contributed by atoms with E-state index >= 15 is 0 Å². The van der Waals surface area contributed by atoms with Crippen molar-refractivity contribution in [1.82, 2.24) is 0 Å². The van der Waals surface area contributed by atoms with Crippen molar-refractivity contribution in [2.75, 3.05) is 4.90 Å². The fourth-order valence-electron chi connectivity index (χ4n) is 2.42. The summed E-state index contributed by atoms with van der Waals surface area (Å²) >= 11 is 5.97. The maximum Gasteiger partial charge on any atom is 0.333 e. The van der Waals surface area contributed by atoms with E-state index in [9.17, 15) is 19.8 Å². The summed E-state index contributed by atoms with van der Waals surface area (Å²) in [5.74, 6) is -2.24. The molecule has 1 aliphatic rings. The molecule has 0 saturated heterocycles. The van der Waals surface area contributed by atoms with Crippen molar-refractivity contribution in [3.8, 4) is 0 Å². The van der Waals surface area contributed by atoms with Crippen LogP contribution in [0.1, 0.15) is 20.3 Å². The predicted octanol–water partition coefficient (Wildman–Crippen LogP) is 3.27. The molecule has 0 spiro atoms. The fraction of sp³-hybridized carbons (Fsp3) is 0.200. The molecule has 1 aromatic rings. The molecule has 110 valence electrons. The Hall–Kier alpha value is -2.27. The van der Waals surface area contributed by atoms with E-state index in [4.69, 9.17) is 11.6 Å². The van der Waals surface area contributed by atoms with Gasteiger partial charge in [-0.25, -0.2) is 9.59 Å². The van der Waals surface area contributed by atoms with E-state index in [1.165, 1.54) is 0 Å². The van der Waals surface area contributed by atoms with E-state index in [0.717, 1.165) is 0 Å². The molecule has 2 rings (SSSR count). The fourth-order valence-corrected chi connectivity index (χ4v) is 2.60. The van der Waals surface area contributed by atoms with Crippen molar-refractivity contribution in [2.24, 2.45) is 0 Å². The van der Waals surface area contributed by atoms with E-state index in [-0.39, 0.29) is 17.6 Å². The molecule has 0 aliphatic carbocycles. The predicted molar refractivity (Wildman–Crippen MR) is 79.2 cm³/mol. The van der Waals surface area contributed by atoms with Crippen LogP contribution in [0.2, 0.25) is 5.02 Å². The lowest BCUT2D eigenvalue weighted by atomic mass is 9.96. The normalized spacial score (nSPS) is 15.5. The molecule has 5 nitrogen and oxygen atoms in total. The van der Waals surface area contributed by atoms with Crippen LogP contribution in [0.5, 0.6) is 0 Å². The molecule has 2 N–H and O–H groups in total. The summed E-state index contributed by atoms with van der Waals surface area (Å²) in [5.41, 5.74) is 1.75. The SMILES string of the molecule is CC1=C(C(=O)O)CC(C(=O)O)=C(C)N1c1cccc(Cl)c1. The summed E-state index contributed by atoms with van der Waals surface area (Å²) in [7, 11) is 0. The molecule has 1 aliphatic heterocycles. The summed E-state index contributed by atoms with van der Waals surface area (Å²) in [4.78, 5) is 24.3. The van der Waals surface area contributed by atoms with Gasteiger partial charge in [-0.15, -0.1) is 0 Å². The molecule has 0 saturated carbocycles. The van der Waals surface area contributed by atoms with Gasteiger partial charge in [-0.2, -0.15) is 0 Å². The summed E-state index contributed by atoms with van der Waals surface area (Å²) in [6, 6.07) is 6.85. The third-order valence-electron chi connectivity index (χ3n) is 3.48. The Morgan fingerprint density at radius 3 is 2.05 bits per heavy atom. The highest BCUT2D eigenvalue weighted by Crippen LogP contribution is 2.35. The van der Waals surface area contributed by atoms with Crippen molar-refractivity contribution in [3.05, 3.63) is 51.8 Å². The van der Waals surface area contributed by atoms with Crippen molar-refractivity contribution in [2.45, 2.75) is 20.3 Å². The number of carboxylic acid groups (broad SMARTS) is 2. The van der Waals surface area contributed by atoms with Crippen LogP contribution in [0.3, 0.4) is 0 Å². The molecule has 1 heterocycles. The van der Waals surface area contributed by atoms with Gasteiger partial charge in [0.05, 0.1) is 11.1 Å². The number of carbonyl (C=O) groups is 2. The quantitative estimate of drug-likeness (QED) is 0.896. The van der Waals surface area contributed by atoms with Gasteiger partial charge in [-0.3, -0.25) is 0 Å². The zero-order valence-corrected chi connectivity index (χ0v) is 12.3. The molecule has 0 radical (unpaired) electrons. The first kappa shape index (κ1) is 15.1. The van der Waals surface area contributed by atoms with Crippen LogP contribution in [0, 0.1) is 0 Å². The first-order valence-electron chi connectivity index (χ1n) is 6.24. The maximum absolute atomic E-state index is 11.4. The number of hydrogen-bond donors (Lipinski definition) is 2. The van der Waals surface area contributed by atoms with Crippen LogP contribution >= 0.6 is 11.6 Å². The second kappa shape index (κ2) is 5.61. The van der Waals surface area contributed by atoms with E-state index in [0.29, 0.717) is 22.1 Å². The van der Waals surface area contributed by atoms with Gasteiger partial charge in [0.15, 0.2) is 0 Å². The minimum atomic E-state index is -1.12. The monoisotopic (exact) mass is 307 g/mol. The topological polar surface area (TPSA) is 77.8 Å². The summed E-state index contributed by atoms with van der Waals surface area (Å²) < 4.78 is 0. The molecule has 0 aromatic heterocycles. The summed E-state index contributed by atoms with van der Waals surface area (Å²) in [6.45, 7) is 3.32. The average molecular weight is 308 g/mol. The van der Waals surface area contributed by atoms with Crippen molar-refractivity contribution in [3.63, 3.8) is 0 Å². The minimum absolute atomic E-state index is 0.0676. The summed E-state index contributed by atoms with van der Waals surface area (Å²) in [5, 5.41) is 19.1. The van der Waals surface area contributed by atoms with Gasteiger partial charge in [-0.1, -0.05) is 17.7 Å². The lowest BCUT2D eigenvalue weighted by molar-refractivity contribution is -0.133. The Labute approximate surface area is 126 Å². The van der Waals surface area contributed by atoms with Gasteiger partial charge in [0, 0.05) is 28.5 Å². The van der Waals surface area contributed by atoms with Crippen molar-refractivity contribution in [1.29, 1.82) is 0 Å². The van der Waals surface area contributed by atoms with Gasteiger partial charge in [-0.05, 0) is 32.0 Å². The first-order valence-corrected chi connectivity index (χ1v) is 6.62. The standard InChI is InChI=1S/C15H14ClNO4/c1-8-12(14(18)19)7-13(15(20)21)9(2)17(8)11-5-3-4-10(16)6-11/h3-6H,7H2,1-2H3,(H,18,19)(H,20,21). The first-order chi connectivity index (χ1) is 9.82. The Bertz CT molecular complexity index is 655. The highest BCUT2D eigenvalue weighted by atomic mass is 35.5. The third kappa shape index (κ3) is 2.78. The van der Waals surface area contributed by atoms with Crippen molar-refractivity contribution < 1.29 is 19.8 Å². The van der Waals surface area contributed by atoms with Gasteiger partial charge in [0.25, 0.3) is 0 Å². The number of rotatable bonds is 3. The molecule has 0 bridgehead atoms. The Morgan fingerprint density at radius 2 is 1.62 bits per heavy atom. The highest BCUT2D eigenvalue weighted by Gasteiger charge is 2.30. The second-order valence-electron chi connectivity index (χ2n) is 4.73. The largest absolute Gasteiger partial charge is 0.478 e. The van der Waals surface area contributed by atoms with Crippen LogP contribution in [-0.4, -0.2) is 22.2 Å². The van der Waals surface area contributed by atoms with Gasteiger partial charge < -0.3 is 15.1 Å². The molecule has 0 unspecified atom stereocenters. The number of nitrogens with zero attached hydrogens (tertiary/aromatic N) is 1. The van der Waals surface area contributed by atoms with Crippen LogP contribution in [0.4, 0.5) is 5.69 Å². The van der Waals surface area contributed by atoms with Gasteiger partial charge >= 0.3 is 11.9 Å². The summed E-state index contributed by atoms with van der Waals surface area (Å²) in [6.07, 6.45) is -0.0978. The lowest BCUT2D eigenvalue weighted by Crippen LogP contribution is -2.29. The second-order valence-corrected chi connectivity index (χ2v) is 5.17. The number of allylic oxidation sites excluding steroid dienone is 2. The molecule has 6 heteroatoms. The molecular formula is C15H14ClNO4. The van der Waals surface area contributed by atoms with E-state index in [1.807, 2.05) is 0 Å². The Balaban J connectivity index is 2.65. The van der Waals surface area contributed by atoms with Crippen LogP contribution in [0.15, 0.2) is 46.8 Å². The Kier molecular flexibility index (Phi) is 4.04. The minimum Gasteiger partial charge on any atom is -0.478 e. The smallest absolute Gasteiger partial charge is 0.333 e. The highest BCUT2D eigenvalue weighted by molar-refractivity contribution is 6.30. The average Bonchev–Trinajstić information content (AvgIpc) is 2.38. The van der Waals surface area contributed by atoms with Crippen LogP contribution in [-0.2, 0) is 9.59 Å². The Morgan fingerprint density at radius 1 is 1.10 bits per heavy atom. The molecule has 0 amide bonds. The van der Waals surface area contributed by atoms with E-state index < -0.39 is 11.9 Å². The van der Waals surface area contributed by atoms with Crippen LogP contribution in [0.25, 0.3) is 0 Å². The molecule has 0 fully saturated rings. The number of anilines is 1. The van der Waals surface area contributed by atoms with E-state index in [1.54, 1.807) is 43.0 Å². The number of aliphatic carboxylic acids is 2. The van der Waals surface area contributed by atoms with Crippen molar-refractivity contribution >= 4 is 29.2 Å².